The topological polar surface area (TPSA) is 50.5 Å². The fourth-order valence-corrected chi connectivity index (χ4v) is 3.00. The number of rotatable bonds is 3. The molecule has 1 aromatic heterocycles. The highest BCUT2D eigenvalue weighted by Crippen LogP contribution is 2.14. The summed E-state index contributed by atoms with van der Waals surface area (Å²) >= 11 is 0. The number of benzene rings is 1. The highest BCUT2D eigenvalue weighted by atomic mass is 16.2. The van der Waals surface area contributed by atoms with E-state index in [1.807, 2.05) is 6.07 Å². The molecule has 6 heteroatoms. The zero-order valence-electron chi connectivity index (χ0n) is 13.6. The minimum absolute atomic E-state index is 0.255. The predicted octanol–water partition coefficient (Wildman–Crippen LogP) is 0.406. The number of hydrogen-bond donors (Lipinski definition) is 0. The minimum Gasteiger partial charge on any atom is -0.355 e. The van der Waals surface area contributed by atoms with Crippen LogP contribution in [-0.4, -0.2) is 40.2 Å². The van der Waals surface area contributed by atoms with Gasteiger partial charge in [0.1, 0.15) is 5.82 Å². The molecule has 1 aliphatic heterocycles. The van der Waals surface area contributed by atoms with Crippen LogP contribution in [0.25, 0.3) is 0 Å². The highest BCUT2D eigenvalue weighted by Gasteiger charge is 2.20. The zero-order chi connectivity index (χ0) is 16.4. The Kier molecular flexibility index (Phi) is 4.34. The molecule has 0 spiro atoms. The van der Waals surface area contributed by atoms with E-state index in [1.165, 1.54) is 12.6 Å². The monoisotopic (exact) mass is 314 g/mol. The number of nitrogens with zero attached hydrogens (tertiary/aromatic N) is 4. The Labute approximate surface area is 135 Å². The van der Waals surface area contributed by atoms with Crippen LogP contribution >= 0.6 is 0 Å². The van der Waals surface area contributed by atoms with Crippen molar-refractivity contribution in [1.82, 2.24) is 14.0 Å². The molecule has 0 unspecified atom stereocenters. The van der Waals surface area contributed by atoms with E-state index < -0.39 is 0 Å². The van der Waals surface area contributed by atoms with Crippen molar-refractivity contribution in [2.75, 3.05) is 31.1 Å². The van der Waals surface area contributed by atoms with E-state index in [1.54, 1.807) is 17.7 Å². The summed E-state index contributed by atoms with van der Waals surface area (Å²) in [6, 6.07) is 12.0. The van der Waals surface area contributed by atoms with E-state index >= 15 is 0 Å². The standard InChI is InChI=1S/C17H22N4O2/c1-18-15(12-16(22)19(2)17(18)23)21-10-8-20(9-11-21)13-14-6-4-3-5-7-14/h3-7,12H,8-11,13H2,1-2H3. The Bertz CT molecular complexity index is 786. The van der Waals surface area contributed by atoms with E-state index in [2.05, 4.69) is 34.1 Å². The molecule has 1 aliphatic rings. The fraction of sp³-hybridized carbons (Fsp3) is 0.412. The summed E-state index contributed by atoms with van der Waals surface area (Å²) in [5.74, 6) is 0.706. The van der Waals surface area contributed by atoms with E-state index in [0.717, 1.165) is 37.3 Å². The van der Waals surface area contributed by atoms with Gasteiger partial charge in [0.15, 0.2) is 0 Å². The third-order valence-electron chi connectivity index (χ3n) is 4.45. The van der Waals surface area contributed by atoms with Crippen molar-refractivity contribution in [3.8, 4) is 0 Å². The van der Waals surface area contributed by atoms with Gasteiger partial charge in [-0.2, -0.15) is 0 Å². The molecule has 23 heavy (non-hydrogen) atoms. The van der Waals surface area contributed by atoms with Gasteiger partial charge in [-0.3, -0.25) is 18.8 Å². The van der Waals surface area contributed by atoms with Crippen molar-refractivity contribution < 1.29 is 0 Å². The van der Waals surface area contributed by atoms with Gasteiger partial charge >= 0.3 is 5.69 Å². The number of aromatic nitrogens is 2. The second-order valence-electron chi connectivity index (χ2n) is 5.99. The average Bonchev–Trinajstić information content (AvgIpc) is 2.58. The summed E-state index contributed by atoms with van der Waals surface area (Å²) in [6.07, 6.45) is 0. The van der Waals surface area contributed by atoms with Gasteiger partial charge in [-0.1, -0.05) is 30.3 Å². The molecule has 2 aromatic rings. The largest absolute Gasteiger partial charge is 0.355 e. The lowest BCUT2D eigenvalue weighted by Crippen LogP contribution is -2.49. The maximum absolute atomic E-state index is 12.0. The summed E-state index contributed by atoms with van der Waals surface area (Å²) < 4.78 is 2.68. The molecule has 0 amide bonds. The van der Waals surface area contributed by atoms with Crippen molar-refractivity contribution >= 4 is 5.82 Å². The van der Waals surface area contributed by atoms with Gasteiger partial charge in [-0.15, -0.1) is 0 Å². The molecule has 3 rings (SSSR count). The van der Waals surface area contributed by atoms with Crippen LogP contribution in [0.3, 0.4) is 0 Å². The fourth-order valence-electron chi connectivity index (χ4n) is 3.00. The second-order valence-corrected chi connectivity index (χ2v) is 5.99. The smallest absolute Gasteiger partial charge is 0.332 e. The normalized spacial score (nSPS) is 15.8. The lowest BCUT2D eigenvalue weighted by molar-refractivity contribution is 0.248. The van der Waals surface area contributed by atoms with Crippen LogP contribution in [-0.2, 0) is 20.6 Å². The number of piperazine rings is 1. The van der Waals surface area contributed by atoms with E-state index in [4.69, 9.17) is 0 Å². The molecule has 0 atom stereocenters. The molecule has 1 fully saturated rings. The van der Waals surface area contributed by atoms with E-state index in [9.17, 15) is 9.59 Å². The maximum Gasteiger partial charge on any atom is 0.332 e. The van der Waals surface area contributed by atoms with Gasteiger partial charge in [0.05, 0.1) is 0 Å². The molecule has 122 valence electrons. The first-order valence-corrected chi connectivity index (χ1v) is 7.84. The first-order chi connectivity index (χ1) is 11.1. The van der Waals surface area contributed by atoms with Crippen molar-refractivity contribution in [2.24, 2.45) is 14.1 Å². The van der Waals surface area contributed by atoms with Crippen LogP contribution < -0.4 is 16.1 Å². The Hall–Kier alpha value is -2.34. The highest BCUT2D eigenvalue weighted by molar-refractivity contribution is 5.39. The molecule has 0 bridgehead atoms. The quantitative estimate of drug-likeness (QED) is 0.823. The van der Waals surface area contributed by atoms with Crippen LogP contribution in [0.4, 0.5) is 5.82 Å². The lowest BCUT2D eigenvalue weighted by atomic mass is 10.2. The molecular formula is C17H22N4O2. The van der Waals surface area contributed by atoms with Gasteiger partial charge in [-0.05, 0) is 5.56 Å². The summed E-state index contributed by atoms with van der Waals surface area (Å²) in [4.78, 5) is 28.4. The second kappa shape index (κ2) is 6.42. The molecule has 0 N–H and O–H groups in total. The Morgan fingerprint density at radius 1 is 0.913 bits per heavy atom. The molecule has 6 nitrogen and oxygen atoms in total. The van der Waals surface area contributed by atoms with Crippen LogP contribution in [0.1, 0.15) is 5.56 Å². The van der Waals surface area contributed by atoms with Gasteiger partial charge in [0.25, 0.3) is 5.56 Å². The number of hydrogen-bond acceptors (Lipinski definition) is 4. The molecule has 2 heterocycles. The zero-order valence-corrected chi connectivity index (χ0v) is 13.6. The Balaban J connectivity index is 1.70. The molecule has 0 aliphatic carbocycles. The maximum atomic E-state index is 12.0. The van der Waals surface area contributed by atoms with Crippen LogP contribution in [0.15, 0.2) is 46.0 Å². The lowest BCUT2D eigenvalue weighted by Gasteiger charge is -2.36. The Morgan fingerprint density at radius 3 is 2.22 bits per heavy atom. The average molecular weight is 314 g/mol. The third kappa shape index (κ3) is 3.22. The van der Waals surface area contributed by atoms with Crippen LogP contribution in [0.5, 0.6) is 0 Å². The third-order valence-corrected chi connectivity index (χ3v) is 4.45. The number of anilines is 1. The van der Waals surface area contributed by atoms with Crippen molar-refractivity contribution in [3.05, 3.63) is 62.8 Å². The van der Waals surface area contributed by atoms with E-state index in [-0.39, 0.29) is 11.2 Å². The summed E-state index contributed by atoms with van der Waals surface area (Å²) in [7, 11) is 3.22. The first kappa shape index (κ1) is 15.6. The summed E-state index contributed by atoms with van der Waals surface area (Å²) in [5.41, 5.74) is 0.774. The van der Waals surface area contributed by atoms with Crippen molar-refractivity contribution in [2.45, 2.75) is 6.54 Å². The van der Waals surface area contributed by atoms with Crippen molar-refractivity contribution in [3.63, 3.8) is 0 Å². The molecule has 0 radical (unpaired) electrons. The molecular weight excluding hydrogens is 292 g/mol. The van der Waals surface area contributed by atoms with Gasteiger partial charge in [0, 0.05) is 52.9 Å². The van der Waals surface area contributed by atoms with Crippen LogP contribution in [0.2, 0.25) is 0 Å². The molecule has 1 saturated heterocycles. The summed E-state index contributed by atoms with van der Waals surface area (Å²) in [6.45, 7) is 4.39. The molecule has 1 aromatic carbocycles. The Morgan fingerprint density at radius 2 is 1.57 bits per heavy atom. The summed E-state index contributed by atoms with van der Waals surface area (Å²) in [5, 5.41) is 0. The van der Waals surface area contributed by atoms with Gasteiger partial charge in [-0.25, -0.2) is 4.79 Å². The van der Waals surface area contributed by atoms with Crippen molar-refractivity contribution in [1.29, 1.82) is 0 Å². The van der Waals surface area contributed by atoms with Gasteiger partial charge in [0.2, 0.25) is 0 Å². The van der Waals surface area contributed by atoms with Gasteiger partial charge < -0.3 is 4.90 Å². The minimum atomic E-state index is -0.279. The van der Waals surface area contributed by atoms with Crippen LogP contribution in [0, 0.1) is 0 Å². The first-order valence-electron chi connectivity index (χ1n) is 7.84. The SMILES string of the molecule is Cn1c(N2CCN(Cc3ccccc3)CC2)cc(=O)n(C)c1=O. The van der Waals surface area contributed by atoms with E-state index in [0.29, 0.717) is 5.82 Å². The predicted molar refractivity (Wildman–Crippen MR) is 90.9 cm³/mol. The molecule has 0 saturated carbocycles.